The summed E-state index contributed by atoms with van der Waals surface area (Å²) >= 11 is 0. The molecule has 4 rings (SSSR count). The molecule has 22 heavy (non-hydrogen) atoms. The fourth-order valence-electron chi connectivity index (χ4n) is 3.86. The van der Waals surface area contributed by atoms with Crippen LogP contribution in [0.15, 0.2) is 24.4 Å². The first-order chi connectivity index (χ1) is 10.7. The third-order valence-corrected chi connectivity index (χ3v) is 4.76. The molecule has 0 aliphatic heterocycles. The van der Waals surface area contributed by atoms with E-state index in [1.54, 1.807) is 13.3 Å². The van der Waals surface area contributed by atoms with Gasteiger partial charge < -0.3 is 10.1 Å². The number of nitrogens with zero attached hydrogens (tertiary/aromatic N) is 1. The van der Waals surface area contributed by atoms with Gasteiger partial charge in [-0.2, -0.15) is 0 Å². The normalized spacial score (nSPS) is 21.8. The molecule has 1 fully saturated rings. The smallest absolute Gasteiger partial charge is 0.216 e. The fourth-order valence-corrected chi connectivity index (χ4v) is 3.86. The highest BCUT2D eigenvalue weighted by atomic mass is 19.1. The van der Waals surface area contributed by atoms with Crippen molar-refractivity contribution in [3.8, 4) is 5.88 Å². The monoisotopic (exact) mass is 302 g/mol. The molecule has 2 unspecified atom stereocenters. The van der Waals surface area contributed by atoms with Crippen LogP contribution in [-0.4, -0.2) is 12.1 Å². The van der Waals surface area contributed by atoms with Crippen molar-refractivity contribution in [2.45, 2.75) is 31.1 Å². The van der Waals surface area contributed by atoms with Gasteiger partial charge in [-0.05, 0) is 48.8 Å². The number of fused-ring (bicyclic) bond motifs is 5. The lowest BCUT2D eigenvalue weighted by Crippen LogP contribution is -2.07. The molecular formula is C17H16F2N2O. The largest absolute Gasteiger partial charge is 0.481 e. The second-order valence-electron chi connectivity index (χ2n) is 5.96. The van der Waals surface area contributed by atoms with E-state index in [0.717, 1.165) is 36.6 Å². The van der Waals surface area contributed by atoms with E-state index in [2.05, 4.69) is 10.3 Å². The van der Waals surface area contributed by atoms with Gasteiger partial charge in [-0.3, -0.25) is 0 Å². The van der Waals surface area contributed by atoms with Crippen LogP contribution < -0.4 is 10.1 Å². The number of anilines is 2. The number of benzene rings is 1. The Labute approximate surface area is 127 Å². The van der Waals surface area contributed by atoms with E-state index in [9.17, 15) is 8.78 Å². The Hall–Kier alpha value is -2.17. The molecule has 5 heteroatoms. The number of aromatic nitrogens is 1. The number of ether oxygens (including phenoxy) is 1. The SMILES string of the molecule is COc1ncc(Nc2ccc(F)cc2F)c2c1C1CCC2C1. The molecule has 3 nitrogen and oxygen atoms in total. The van der Waals surface area contributed by atoms with Crippen molar-refractivity contribution < 1.29 is 13.5 Å². The van der Waals surface area contributed by atoms with Crippen molar-refractivity contribution in [3.63, 3.8) is 0 Å². The van der Waals surface area contributed by atoms with Gasteiger partial charge in [0.05, 0.1) is 24.7 Å². The van der Waals surface area contributed by atoms with Gasteiger partial charge in [-0.25, -0.2) is 13.8 Å². The number of methoxy groups -OCH3 is 1. The number of rotatable bonds is 3. The zero-order valence-electron chi connectivity index (χ0n) is 12.2. The summed E-state index contributed by atoms with van der Waals surface area (Å²) < 4.78 is 32.3. The van der Waals surface area contributed by atoms with Crippen LogP contribution in [0.1, 0.15) is 42.2 Å². The number of hydrogen-bond donors (Lipinski definition) is 1. The van der Waals surface area contributed by atoms with Crippen molar-refractivity contribution in [2.24, 2.45) is 0 Å². The Bertz CT molecular complexity index is 748. The molecule has 0 amide bonds. The van der Waals surface area contributed by atoms with E-state index < -0.39 is 11.6 Å². The maximum atomic E-state index is 13.9. The van der Waals surface area contributed by atoms with Gasteiger partial charge in [0.25, 0.3) is 0 Å². The Kier molecular flexibility index (Phi) is 3.03. The number of hydrogen-bond acceptors (Lipinski definition) is 3. The summed E-state index contributed by atoms with van der Waals surface area (Å²) in [4.78, 5) is 4.35. The van der Waals surface area contributed by atoms with Gasteiger partial charge in [0.2, 0.25) is 5.88 Å². The lowest BCUT2D eigenvalue weighted by atomic mass is 9.91. The molecule has 2 aliphatic rings. The van der Waals surface area contributed by atoms with E-state index in [1.807, 2.05) is 0 Å². The minimum Gasteiger partial charge on any atom is -0.481 e. The summed E-state index contributed by atoms with van der Waals surface area (Å²) in [5, 5.41) is 3.08. The minimum atomic E-state index is -0.604. The van der Waals surface area contributed by atoms with Crippen LogP contribution in [0.25, 0.3) is 0 Å². The predicted octanol–water partition coefficient (Wildman–Crippen LogP) is 4.48. The average molecular weight is 302 g/mol. The quantitative estimate of drug-likeness (QED) is 0.908. The van der Waals surface area contributed by atoms with Crippen LogP contribution >= 0.6 is 0 Å². The Morgan fingerprint density at radius 1 is 1.14 bits per heavy atom. The van der Waals surface area contributed by atoms with Crippen LogP contribution in [0.5, 0.6) is 5.88 Å². The van der Waals surface area contributed by atoms with Crippen LogP contribution in [0, 0.1) is 11.6 Å². The van der Waals surface area contributed by atoms with E-state index in [4.69, 9.17) is 4.74 Å². The highest BCUT2D eigenvalue weighted by Crippen LogP contribution is 2.57. The molecule has 1 aromatic carbocycles. The van der Waals surface area contributed by atoms with Crippen molar-refractivity contribution in [1.29, 1.82) is 0 Å². The van der Waals surface area contributed by atoms with E-state index >= 15 is 0 Å². The molecule has 1 heterocycles. The molecule has 1 N–H and O–H groups in total. The van der Waals surface area contributed by atoms with Gasteiger partial charge in [0, 0.05) is 11.6 Å². The van der Waals surface area contributed by atoms with Crippen LogP contribution in [0.2, 0.25) is 0 Å². The lowest BCUT2D eigenvalue weighted by molar-refractivity contribution is 0.388. The summed E-state index contributed by atoms with van der Waals surface area (Å²) in [7, 11) is 1.63. The predicted molar refractivity (Wildman–Crippen MR) is 79.8 cm³/mol. The molecule has 2 aliphatic carbocycles. The average Bonchev–Trinajstić information content (AvgIpc) is 3.12. The summed E-state index contributed by atoms with van der Waals surface area (Å²) in [5.41, 5.74) is 3.41. The van der Waals surface area contributed by atoms with E-state index in [1.165, 1.54) is 17.7 Å². The van der Waals surface area contributed by atoms with Gasteiger partial charge in [0.1, 0.15) is 11.6 Å². The van der Waals surface area contributed by atoms with E-state index in [0.29, 0.717) is 17.7 Å². The molecule has 0 saturated heterocycles. The minimum absolute atomic E-state index is 0.262. The first kappa shape index (κ1) is 13.5. The second-order valence-corrected chi connectivity index (χ2v) is 5.96. The van der Waals surface area contributed by atoms with Crippen LogP contribution in [0.3, 0.4) is 0 Å². The Morgan fingerprint density at radius 2 is 1.91 bits per heavy atom. The molecule has 0 spiro atoms. The summed E-state index contributed by atoms with van der Waals surface area (Å²) in [6.07, 6.45) is 5.09. The maximum absolute atomic E-state index is 13.9. The van der Waals surface area contributed by atoms with Gasteiger partial charge in [0.15, 0.2) is 0 Å². The van der Waals surface area contributed by atoms with Crippen molar-refractivity contribution in [1.82, 2.24) is 4.98 Å². The molecule has 114 valence electrons. The van der Waals surface area contributed by atoms with Gasteiger partial charge in [-0.1, -0.05) is 0 Å². The number of nitrogens with one attached hydrogen (secondary N) is 1. The summed E-state index contributed by atoms with van der Waals surface area (Å²) in [6, 6.07) is 3.54. The second kappa shape index (κ2) is 4.93. The Balaban J connectivity index is 1.77. The van der Waals surface area contributed by atoms with E-state index in [-0.39, 0.29) is 5.69 Å². The third-order valence-electron chi connectivity index (χ3n) is 4.76. The molecule has 2 aromatic rings. The highest BCUT2D eigenvalue weighted by Gasteiger charge is 2.41. The summed E-state index contributed by atoms with van der Waals surface area (Å²) in [5.74, 6) is 0.449. The standard InChI is InChI=1S/C17H16F2N2O/c1-22-17-16-10-3-2-9(6-10)15(16)14(8-20-17)21-13-5-4-11(18)7-12(13)19/h4-5,7-10,21H,2-3,6H2,1H3. The van der Waals surface area contributed by atoms with Gasteiger partial charge in [-0.15, -0.1) is 0 Å². The van der Waals surface area contributed by atoms with Crippen molar-refractivity contribution in [2.75, 3.05) is 12.4 Å². The van der Waals surface area contributed by atoms with Crippen molar-refractivity contribution >= 4 is 11.4 Å². The molecule has 2 atom stereocenters. The lowest BCUT2D eigenvalue weighted by Gasteiger charge is -2.21. The molecule has 1 saturated carbocycles. The third kappa shape index (κ3) is 1.95. The van der Waals surface area contributed by atoms with Crippen molar-refractivity contribution in [3.05, 3.63) is 47.2 Å². The zero-order chi connectivity index (χ0) is 15.3. The first-order valence-electron chi connectivity index (χ1n) is 7.46. The first-order valence-corrected chi connectivity index (χ1v) is 7.46. The molecule has 2 bridgehead atoms. The highest BCUT2D eigenvalue weighted by molar-refractivity contribution is 5.69. The number of pyridine rings is 1. The van der Waals surface area contributed by atoms with Gasteiger partial charge >= 0.3 is 0 Å². The maximum Gasteiger partial charge on any atom is 0.216 e. The zero-order valence-corrected chi connectivity index (χ0v) is 12.2. The topological polar surface area (TPSA) is 34.1 Å². The molecule has 1 aromatic heterocycles. The summed E-state index contributed by atoms with van der Waals surface area (Å²) in [6.45, 7) is 0. The Morgan fingerprint density at radius 3 is 2.64 bits per heavy atom. The molecular weight excluding hydrogens is 286 g/mol. The van der Waals surface area contributed by atoms with Crippen LogP contribution in [0.4, 0.5) is 20.2 Å². The van der Waals surface area contributed by atoms with Crippen LogP contribution in [-0.2, 0) is 0 Å². The fraction of sp³-hybridized carbons (Fsp3) is 0.353. The number of halogens is 2. The molecule has 0 radical (unpaired) electrons.